The van der Waals surface area contributed by atoms with Crippen molar-refractivity contribution < 1.29 is 18.1 Å². The maximum Gasteiger partial charge on any atom is 0.365 e. The molecule has 0 atom stereocenters. The van der Waals surface area contributed by atoms with Crippen LogP contribution in [0.3, 0.4) is 0 Å². The highest BCUT2D eigenvalue weighted by Gasteiger charge is 2.24. The van der Waals surface area contributed by atoms with E-state index in [2.05, 4.69) is 4.98 Å². The van der Waals surface area contributed by atoms with Gasteiger partial charge in [-0.3, -0.25) is 4.79 Å². The van der Waals surface area contributed by atoms with Gasteiger partial charge in [0, 0.05) is 12.3 Å². The van der Waals surface area contributed by atoms with E-state index in [0.717, 1.165) is 13.0 Å². The van der Waals surface area contributed by atoms with E-state index in [-0.39, 0.29) is 15.8 Å². The van der Waals surface area contributed by atoms with Crippen molar-refractivity contribution in [1.29, 1.82) is 0 Å². The van der Waals surface area contributed by atoms with Crippen LogP contribution in [0.1, 0.15) is 6.92 Å². The minimum absolute atomic E-state index is 0.158. The lowest BCUT2D eigenvalue weighted by atomic mass is 10.2. The number of fused-ring (bicyclic) bond motifs is 1. The minimum Gasteiger partial charge on any atom is -0.358 e. The zero-order chi connectivity index (χ0) is 14.9. The fourth-order valence-corrected chi connectivity index (χ4v) is 2.90. The lowest BCUT2D eigenvalue weighted by Crippen LogP contribution is -2.28. The number of nitro groups is 1. The Bertz CT molecular complexity index is 816. The summed E-state index contributed by atoms with van der Waals surface area (Å²) in [7, 11) is -4.19. The lowest BCUT2D eigenvalue weighted by molar-refractivity contribution is -0.389. The first kappa shape index (κ1) is 13.9. The predicted molar refractivity (Wildman–Crippen MR) is 69.4 cm³/mol. The second-order valence-corrected chi connectivity index (χ2v) is 5.57. The molecular weight excluding hydrogens is 286 g/mol. The normalized spacial score (nSPS) is 11.2. The van der Waals surface area contributed by atoms with E-state index >= 15 is 0 Å². The van der Waals surface area contributed by atoms with Crippen LogP contribution in [0.2, 0.25) is 0 Å². The van der Waals surface area contributed by atoms with Crippen LogP contribution in [0, 0.1) is 10.1 Å². The number of nitrogens with zero attached hydrogens (tertiary/aromatic N) is 2. The Balaban J connectivity index is 2.80. The van der Waals surface area contributed by atoms with Crippen molar-refractivity contribution in [2.24, 2.45) is 0 Å². The number of aromatic nitrogens is 1. The third kappa shape index (κ3) is 2.57. The van der Waals surface area contributed by atoms with Gasteiger partial charge >= 0.3 is 5.82 Å². The van der Waals surface area contributed by atoms with Gasteiger partial charge in [0.2, 0.25) is 5.91 Å². The van der Waals surface area contributed by atoms with E-state index in [1.165, 1.54) is 12.1 Å². The van der Waals surface area contributed by atoms with Crippen molar-refractivity contribution in [3.63, 3.8) is 0 Å². The highest BCUT2D eigenvalue weighted by atomic mass is 32.2. The molecule has 0 saturated heterocycles. The summed E-state index contributed by atoms with van der Waals surface area (Å²) >= 11 is 0. The van der Waals surface area contributed by atoms with Crippen molar-refractivity contribution in [1.82, 2.24) is 9.71 Å². The molecule has 0 aliphatic heterocycles. The van der Waals surface area contributed by atoms with Crippen LogP contribution in [0.15, 0.2) is 35.2 Å². The first-order valence-electron chi connectivity index (χ1n) is 5.39. The largest absolute Gasteiger partial charge is 0.365 e. The summed E-state index contributed by atoms with van der Waals surface area (Å²) in [6, 6.07) is 6.89. The lowest BCUT2D eigenvalue weighted by Gasteiger charge is -2.06. The number of benzene rings is 1. The molecule has 1 amide bonds. The predicted octanol–water partition coefficient (Wildman–Crippen LogP) is 0.968. The highest BCUT2D eigenvalue weighted by Crippen LogP contribution is 2.25. The maximum atomic E-state index is 12.0. The Morgan fingerprint density at radius 2 is 2.00 bits per heavy atom. The number of nitrogens with one attached hydrogen (secondary N) is 1. The van der Waals surface area contributed by atoms with Crippen molar-refractivity contribution >= 4 is 32.7 Å². The molecular formula is C11H9N3O5S. The van der Waals surface area contributed by atoms with E-state index < -0.39 is 26.7 Å². The SMILES string of the molecule is CC(=O)NS(=O)(=O)c1cc([N+](=O)[O-])nc2ccccc12. The molecule has 2 rings (SSSR count). The Labute approximate surface area is 113 Å². The number of pyridine rings is 1. The summed E-state index contributed by atoms with van der Waals surface area (Å²) in [6.45, 7) is 1.04. The smallest absolute Gasteiger partial charge is 0.358 e. The van der Waals surface area contributed by atoms with E-state index in [4.69, 9.17) is 0 Å². The molecule has 0 saturated carbocycles. The summed E-state index contributed by atoms with van der Waals surface area (Å²) < 4.78 is 25.9. The second-order valence-electron chi connectivity index (χ2n) is 3.91. The number of para-hydroxylation sites is 1. The number of amides is 1. The monoisotopic (exact) mass is 295 g/mol. The quantitative estimate of drug-likeness (QED) is 0.665. The van der Waals surface area contributed by atoms with Gasteiger partial charge in [-0.15, -0.1) is 0 Å². The standard InChI is InChI=1S/C11H9N3O5S/c1-7(15)13-20(18,19)10-6-11(14(16)17)12-9-5-3-2-4-8(9)10/h2-6H,1H3,(H,13,15). The summed E-state index contributed by atoms with van der Waals surface area (Å²) in [5.74, 6) is -1.39. The molecule has 0 fully saturated rings. The van der Waals surface area contributed by atoms with Crippen molar-refractivity contribution in [2.45, 2.75) is 11.8 Å². The third-order valence-electron chi connectivity index (χ3n) is 2.42. The fraction of sp³-hybridized carbons (Fsp3) is 0.0909. The first-order chi connectivity index (χ1) is 9.31. The van der Waals surface area contributed by atoms with E-state index in [0.29, 0.717) is 0 Å². The number of hydrogen-bond acceptors (Lipinski definition) is 6. The summed E-state index contributed by atoms with van der Waals surface area (Å²) in [6.07, 6.45) is 0. The molecule has 1 heterocycles. The summed E-state index contributed by atoms with van der Waals surface area (Å²) in [5.41, 5.74) is 0.158. The van der Waals surface area contributed by atoms with Crippen LogP contribution in [-0.2, 0) is 14.8 Å². The molecule has 0 aliphatic rings. The molecule has 104 valence electrons. The number of carbonyl (C=O) groups excluding carboxylic acids is 1. The van der Waals surface area contributed by atoms with Gasteiger partial charge < -0.3 is 10.1 Å². The summed E-state index contributed by atoms with van der Waals surface area (Å²) in [4.78, 5) is 24.4. The number of hydrogen-bond donors (Lipinski definition) is 1. The number of sulfonamides is 1. The van der Waals surface area contributed by atoms with E-state index in [1.807, 2.05) is 0 Å². The second kappa shape index (κ2) is 4.85. The molecule has 1 N–H and O–H groups in total. The van der Waals surface area contributed by atoms with Crippen LogP contribution in [0.25, 0.3) is 10.9 Å². The van der Waals surface area contributed by atoms with Crippen molar-refractivity contribution in [2.75, 3.05) is 0 Å². The zero-order valence-corrected chi connectivity index (χ0v) is 11.0. The topological polar surface area (TPSA) is 119 Å². The molecule has 20 heavy (non-hydrogen) atoms. The average Bonchev–Trinajstić information content (AvgIpc) is 2.35. The van der Waals surface area contributed by atoms with Gasteiger partial charge in [0.15, 0.2) is 5.52 Å². The van der Waals surface area contributed by atoms with Crippen LogP contribution in [0.4, 0.5) is 5.82 Å². The summed E-state index contributed by atoms with van der Waals surface area (Å²) in [5, 5.41) is 11.0. The van der Waals surface area contributed by atoms with Gasteiger partial charge in [0.25, 0.3) is 10.0 Å². The molecule has 0 radical (unpaired) electrons. The van der Waals surface area contributed by atoms with Gasteiger partial charge in [-0.25, -0.2) is 13.1 Å². The van der Waals surface area contributed by atoms with E-state index in [1.54, 1.807) is 16.9 Å². The van der Waals surface area contributed by atoms with Gasteiger partial charge in [-0.1, -0.05) is 12.1 Å². The Morgan fingerprint density at radius 3 is 2.60 bits per heavy atom. The zero-order valence-electron chi connectivity index (χ0n) is 10.2. The Kier molecular flexibility index (Phi) is 3.36. The van der Waals surface area contributed by atoms with Gasteiger partial charge in [-0.2, -0.15) is 0 Å². The minimum atomic E-state index is -4.19. The van der Waals surface area contributed by atoms with Gasteiger partial charge in [0.1, 0.15) is 4.90 Å². The molecule has 0 aliphatic carbocycles. The highest BCUT2D eigenvalue weighted by molar-refractivity contribution is 7.90. The Morgan fingerprint density at radius 1 is 1.35 bits per heavy atom. The average molecular weight is 295 g/mol. The number of carbonyl (C=O) groups is 1. The molecule has 9 heteroatoms. The molecule has 0 bridgehead atoms. The van der Waals surface area contributed by atoms with Gasteiger partial charge in [0.05, 0.1) is 6.07 Å². The van der Waals surface area contributed by atoms with Gasteiger partial charge in [-0.05, 0) is 22.0 Å². The molecule has 1 aromatic carbocycles. The Hall–Kier alpha value is -2.55. The molecule has 8 nitrogen and oxygen atoms in total. The maximum absolute atomic E-state index is 12.0. The fourth-order valence-electron chi connectivity index (χ4n) is 1.69. The van der Waals surface area contributed by atoms with Crippen LogP contribution < -0.4 is 4.72 Å². The molecule has 2 aromatic rings. The van der Waals surface area contributed by atoms with Crippen LogP contribution in [0.5, 0.6) is 0 Å². The number of rotatable bonds is 3. The van der Waals surface area contributed by atoms with Crippen LogP contribution >= 0.6 is 0 Å². The first-order valence-corrected chi connectivity index (χ1v) is 6.87. The molecule has 0 unspecified atom stereocenters. The molecule has 1 aromatic heterocycles. The molecule has 0 spiro atoms. The van der Waals surface area contributed by atoms with Crippen LogP contribution in [-0.4, -0.2) is 24.2 Å². The van der Waals surface area contributed by atoms with E-state index in [9.17, 15) is 23.3 Å². The van der Waals surface area contributed by atoms with Crippen molar-refractivity contribution in [3.8, 4) is 0 Å². The third-order valence-corrected chi connectivity index (χ3v) is 3.89. The van der Waals surface area contributed by atoms with Crippen molar-refractivity contribution in [3.05, 3.63) is 40.4 Å².